The molecule has 0 radical (unpaired) electrons. The zero-order chi connectivity index (χ0) is 19.6. The standard InChI is InChI=1S/C22H20N4O2/c27-21(25-24-17-18-8-7-15-23-16-18)13-14-22(28)26(19-9-3-1-4-10-19)20-11-5-2-6-12-20/h1-12,15-17H,13-14H2,(H,25,27)/b24-17+. The Morgan fingerprint density at radius 2 is 1.54 bits per heavy atom. The number of amides is 2. The van der Waals surface area contributed by atoms with Crippen LogP contribution in [0.3, 0.4) is 0 Å². The van der Waals surface area contributed by atoms with Crippen molar-refractivity contribution in [3.8, 4) is 0 Å². The SMILES string of the molecule is O=C(CCC(=O)N(c1ccccc1)c1ccccc1)N/N=C/c1cccnc1. The Hall–Kier alpha value is -3.80. The third-order valence-corrected chi connectivity index (χ3v) is 3.93. The molecule has 1 aromatic heterocycles. The first-order valence-electron chi connectivity index (χ1n) is 8.89. The van der Waals surface area contributed by atoms with E-state index < -0.39 is 0 Å². The van der Waals surface area contributed by atoms with E-state index in [0.29, 0.717) is 0 Å². The van der Waals surface area contributed by atoms with E-state index in [1.165, 1.54) is 6.21 Å². The molecule has 0 spiro atoms. The monoisotopic (exact) mass is 372 g/mol. The van der Waals surface area contributed by atoms with Gasteiger partial charge in [-0.15, -0.1) is 0 Å². The molecule has 3 rings (SSSR count). The summed E-state index contributed by atoms with van der Waals surface area (Å²) in [6, 6.07) is 22.3. The van der Waals surface area contributed by atoms with Crippen LogP contribution >= 0.6 is 0 Å². The number of hydrogen-bond acceptors (Lipinski definition) is 4. The number of hydrazone groups is 1. The number of hydrogen-bond donors (Lipinski definition) is 1. The molecule has 6 nitrogen and oxygen atoms in total. The second-order valence-electron chi connectivity index (χ2n) is 5.98. The van der Waals surface area contributed by atoms with Crippen LogP contribution in [0.5, 0.6) is 0 Å². The van der Waals surface area contributed by atoms with E-state index in [0.717, 1.165) is 16.9 Å². The Labute approximate surface area is 163 Å². The molecule has 2 amide bonds. The molecule has 3 aromatic rings. The number of anilines is 2. The number of nitrogens with zero attached hydrogens (tertiary/aromatic N) is 3. The molecule has 28 heavy (non-hydrogen) atoms. The Morgan fingerprint density at radius 3 is 2.11 bits per heavy atom. The molecule has 0 saturated heterocycles. The van der Waals surface area contributed by atoms with Gasteiger partial charge in [0.2, 0.25) is 11.8 Å². The van der Waals surface area contributed by atoms with Crippen molar-refractivity contribution in [3.63, 3.8) is 0 Å². The smallest absolute Gasteiger partial charge is 0.240 e. The number of carbonyl (C=O) groups is 2. The van der Waals surface area contributed by atoms with Crippen LogP contribution in [0.25, 0.3) is 0 Å². The van der Waals surface area contributed by atoms with E-state index in [4.69, 9.17) is 0 Å². The number of para-hydroxylation sites is 2. The molecule has 0 saturated carbocycles. The van der Waals surface area contributed by atoms with Crippen molar-refractivity contribution in [2.75, 3.05) is 4.90 Å². The van der Waals surface area contributed by atoms with Crippen LogP contribution < -0.4 is 10.3 Å². The first kappa shape index (κ1) is 19.0. The Bertz CT molecular complexity index is 889. The fourth-order valence-corrected chi connectivity index (χ4v) is 2.61. The van der Waals surface area contributed by atoms with Crippen LogP contribution in [0.15, 0.2) is 90.3 Å². The van der Waals surface area contributed by atoms with E-state index in [1.807, 2.05) is 66.7 Å². The van der Waals surface area contributed by atoms with Crippen LogP contribution in [-0.2, 0) is 9.59 Å². The van der Waals surface area contributed by atoms with Gasteiger partial charge in [0.05, 0.1) is 6.21 Å². The molecule has 1 N–H and O–H groups in total. The quantitative estimate of drug-likeness (QED) is 0.508. The maximum Gasteiger partial charge on any atom is 0.240 e. The van der Waals surface area contributed by atoms with Crippen molar-refractivity contribution in [2.45, 2.75) is 12.8 Å². The van der Waals surface area contributed by atoms with Crippen molar-refractivity contribution in [1.82, 2.24) is 10.4 Å². The first-order valence-corrected chi connectivity index (χ1v) is 8.89. The largest absolute Gasteiger partial charge is 0.281 e. The number of carbonyl (C=O) groups excluding carboxylic acids is 2. The molecule has 1 heterocycles. The maximum absolute atomic E-state index is 12.8. The van der Waals surface area contributed by atoms with E-state index in [2.05, 4.69) is 15.5 Å². The van der Waals surface area contributed by atoms with Crippen molar-refractivity contribution in [2.24, 2.45) is 5.10 Å². The number of pyridine rings is 1. The van der Waals surface area contributed by atoms with Gasteiger partial charge < -0.3 is 0 Å². The van der Waals surface area contributed by atoms with Gasteiger partial charge in [-0.1, -0.05) is 42.5 Å². The van der Waals surface area contributed by atoms with Crippen LogP contribution in [0.2, 0.25) is 0 Å². The van der Waals surface area contributed by atoms with Crippen LogP contribution in [0.1, 0.15) is 18.4 Å². The number of nitrogens with one attached hydrogen (secondary N) is 1. The van der Waals surface area contributed by atoms with E-state index in [1.54, 1.807) is 23.4 Å². The van der Waals surface area contributed by atoms with Gasteiger partial charge in [0.15, 0.2) is 0 Å². The molecule has 0 aliphatic heterocycles. The predicted molar refractivity (Wildman–Crippen MR) is 109 cm³/mol. The molecular formula is C22H20N4O2. The second-order valence-corrected chi connectivity index (χ2v) is 5.98. The highest BCUT2D eigenvalue weighted by molar-refractivity contribution is 6.01. The fourth-order valence-electron chi connectivity index (χ4n) is 2.61. The molecule has 0 aliphatic carbocycles. The summed E-state index contributed by atoms with van der Waals surface area (Å²) >= 11 is 0. The van der Waals surface area contributed by atoms with Gasteiger partial charge in [-0.25, -0.2) is 5.43 Å². The van der Waals surface area contributed by atoms with Gasteiger partial charge in [-0.05, 0) is 30.3 Å². The third-order valence-electron chi connectivity index (χ3n) is 3.93. The molecular weight excluding hydrogens is 352 g/mol. The summed E-state index contributed by atoms with van der Waals surface area (Å²) in [5.74, 6) is -0.488. The van der Waals surface area contributed by atoms with Gasteiger partial charge in [-0.2, -0.15) is 5.10 Å². The summed E-state index contributed by atoms with van der Waals surface area (Å²) in [7, 11) is 0. The first-order chi connectivity index (χ1) is 13.7. The molecule has 0 unspecified atom stereocenters. The van der Waals surface area contributed by atoms with E-state index >= 15 is 0 Å². The minimum absolute atomic E-state index is 0.0411. The molecule has 6 heteroatoms. The highest BCUT2D eigenvalue weighted by Gasteiger charge is 2.18. The maximum atomic E-state index is 12.8. The molecule has 0 fully saturated rings. The molecule has 0 atom stereocenters. The fraction of sp³-hybridized carbons (Fsp3) is 0.0909. The Morgan fingerprint density at radius 1 is 0.893 bits per heavy atom. The number of benzene rings is 2. The Balaban J connectivity index is 1.61. The van der Waals surface area contributed by atoms with Crippen LogP contribution in [0.4, 0.5) is 11.4 Å². The normalized spacial score (nSPS) is 10.6. The van der Waals surface area contributed by atoms with Crippen molar-refractivity contribution < 1.29 is 9.59 Å². The molecule has 2 aromatic carbocycles. The van der Waals surface area contributed by atoms with Gasteiger partial charge in [0.1, 0.15) is 0 Å². The predicted octanol–water partition coefficient (Wildman–Crippen LogP) is 3.68. The van der Waals surface area contributed by atoms with Gasteiger partial charge >= 0.3 is 0 Å². The average Bonchev–Trinajstić information content (AvgIpc) is 2.75. The van der Waals surface area contributed by atoms with E-state index in [-0.39, 0.29) is 24.7 Å². The molecule has 140 valence electrons. The second kappa shape index (κ2) is 9.78. The highest BCUT2D eigenvalue weighted by atomic mass is 16.2. The van der Waals surface area contributed by atoms with Crippen LogP contribution in [-0.4, -0.2) is 23.0 Å². The van der Waals surface area contributed by atoms with Crippen LogP contribution in [0, 0.1) is 0 Å². The lowest BCUT2D eigenvalue weighted by atomic mass is 10.2. The topological polar surface area (TPSA) is 74.7 Å². The summed E-state index contributed by atoms with van der Waals surface area (Å²) in [6.45, 7) is 0. The van der Waals surface area contributed by atoms with Crippen molar-refractivity contribution >= 4 is 29.4 Å². The summed E-state index contributed by atoms with van der Waals surface area (Å²) in [5.41, 5.74) is 4.73. The summed E-state index contributed by atoms with van der Waals surface area (Å²) in [6.07, 6.45) is 4.91. The van der Waals surface area contributed by atoms with Gasteiger partial charge in [0.25, 0.3) is 0 Å². The lowest BCUT2D eigenvalue weighted by Gasteiger charge is -2.23. The zero-order valence-electron chi connectivity index (χ0n) is 15.2. The third kappa shape index (κ3) is 5.35. The zero-order valence-corrected chi connectivity index (χ0v) is 15.2. The highest BCUT2D eigenvalue weighted by Crippen LogP contribution is 2.26. The molecule has 0 bridgehead atoms. The van der Waals surface area contributed by atoms with Gasteiger partial charge in [-0.3, -0.25) is 19.5 Å². The average molecular weight is 372 g/mol. The van der Waals surface area contributed by atoms with Crippen molar-refractivity contribution in [1.29, 1.82) is 0 Å². The lowest BCUT2D eigenvalue weighted by molar-refractivity contribution is -0.124. The number of aromatic nitrogens is 1. The minimum Gasteiger partial charge on any atom is -0.281 e. The lowest BCUT2D eigenvalue weighted by Crippen LogP contribution is -2.27. The molecule has 0 aliphatic rings. The number of rotatable bonds is 7. The summed E-state index contributed by atoms with van der Waals surface area (Å²) in [4.78, 5) is 30.4. The summed E-state index contributed by atoms with van der Waals surface area (Å²) in [5, 5.41) is 3.89. The minimum atomic E-state index is -0.324. The summed E-state index contributed by atoms with van der Waals surface area (Å²) < 4.78 is 0. The van der Waals surface area contributed by atoms with Crippen molar-refractivity contribution in [3.05, 3.63) is 90.8 Å². The Kier molecular flexibility index (Phi) is 6.62. The van der Waals surface area contributed by atoms with Gasteiger partial charge in [0, 0.05) is 42.2 Å². The van der Waals surface area contributed by atoms with E-state index in [9.17, 15) is 9.59 Å².